The van der Waals surface area contributed by atoms with E-state index in [2.05, 4.69) is 5.32 Å². The van der Waals surface area contributed by atoms with Crippen molar-refractivity contribution in [3.63, 3.8) is 0 Å². The van der Waals surface area contributed by atoms with Crippen LogP contribution in [0.2, 0.25) is 0 Å². The van der Waals surface area contributed by atoms with Crippen LogP contribution in [0.5, 0.6) is 0 Å². The average molecular weight is 365 g/mol. The fraction of sp³-hybridized carbons (Fsp3) is 0.273. The fourth-order valence-corrected chi connectivity index (χ4v) is 3.24. The van der Waals surface area contributed by atoms with E-state index in [-0.39, 0.29) is 11.7 Å². The van der Waals surface area contributed by atoms with E-state index in [9.17, 15) is 9.59 Å². The molecule has 3 aromatic rings. The Morgan fingerprint density at radius 1 is 1.04 bits per heavy atom. The zero-order valence-electron chi connectivity index (χ0n) is 16.2. The topological polar surface area (TPSA) is 68.5 Å². The molecule has 140 valence electrons. The molecule has 2 aromatic carbocycles. The summed E-state index contributed by atoms with van der Waals surface area (Å²) in [4.78, 5) is 25.0. The van der Waals surface area contributed by atoms with Crippen LogP contribution in [0, 0.1) is 27.7 Å². The molecular formula is C22H23NO4. The third-order valence-electron chi connectivity index (χ3n) is 4.61. The van der Waals surface area contributed by atoms with Crippen LogP contribution < -0.4 is 5.32 Å². The van der Waals surface area contributed by atoms with Crippen LogP contribution in [0.4, 0.5) is 5.69 Å². The molecule has 1 heterocycles. The maximum absolute atomic E-state index is 12.5. The van der Waals surface area contributed by atoms with Gasteiger partial charge < -0.3 is 14.5 Å². The number of fused-ring (bicyclic) bond motifs is 1. The fourth-order valence-electron chi connectivity index (χ4n) is 3.24. The van der Waals surface area contributed by atoms with E-state index in [0.29, 0.717) is 11.1 Å². The standard InChI is InChI=1S/C22H23NO4/c1-12-10-13(2)19(14(3)11-12)23-21(24)16(5)26-22(25)20-15(4)17-8-6-7-9-18(17)27-20/h6-11,16H,1-5H3,(H,23,24)/t16-/m0/s1. The van der Waals surface area contributed by atoms with Gasteiger partial charge in [-0.15, -0.1) is 0 Å². The number of para-hydroxylation sites is 1. The van der Waals surface area contributed by atoms with E-state index in [4.69, 9.17) is 9.15 Å². The van der Waals surface area contributed by atoms with Crippen molar-refractivity contribution in [2.75, 3.05) is 5.32 Å². The third-order valence-corrected chi connectivity index (χ3v) is 4.61. The number of amides is 1. The number of anilines is 1. The molecule has 0 aliphatic heterocycles. The summed E-state index contributed by atoms with van der Waals surface area (Å²) in [5.41, 5.74) is 5.12. The third kappa shape index (κ3) is 3.72. The van der Waals surface area contributed by atoms with Crippen molar-refractivity contribution in [3.05, 3.63) is 64.4 Å². The van der Waals surface area contributed by atoms with Crippen molar-refractivity contribution >= 4 is 28.5 Å². The number of furan rings is 1. The van der Waals surface area contributed by atoms with E-state index < -0.39 is 12.1 Å². The zero-order chi connectivity index (χ0) is 19.7. The summed E-state index contributed by atoms with van der Waals surface area (Å²) in [6.45, 7) is 9.22. The van der Waals surface area contributed by atoms with E-state index in [1.807, 2.05) is 51.1 Å². The lowest BCUT2D eigenvalue weighted by Gasteiger charge is -2.16. The minimum Gasteiger partial charge on any atom is -0.449 e. The molecule has 1 amide bonds. The summed E-state index contributed by atoms with van der Waals surface area (Å²) in [5, 5.41) is 3.71. The number of aryl methyl sites for hydroxylation is 4. The highest BCUT2D eigenvalue weighted by atomic mass is 16.6. The molecule has 1 aromatic heterocycles. The van der Waals surface area contributed by atoms with Crippen molar-refractivity contribution in [3.8, 4) is 0 Å². The minimum absolute atomic E-state index is 0.124. The van der Waals surface area contributed by atoms with Gasteiger partial charge in [0, 0.05) is 16.6 Å². The van der Waals surface area contributed by atoms with Crippen LogP contribution in [0.3, 0.4) is 0 Å². The normalized spacial score (nSPS) is 12.0. The molecule has 3 rings (SSSR count). The summed E-state index contributed by atoms with van der Waals surface area (Å²) < 4.78 is 10.9. The number of esters is 1. The molecular weight excluding hydrogens is 342 g/mol. The number of hydrogen-bond acceptors (Lipinski definition) is 4. The number of rotatable bonds is 4. The highest BCUT2D eigenvalue weighted by Gasteiger charge is 2.24. The predicted octanol–water partition coefficient (Wildman–Crippen LogP) is 4.85. The Balaban J connectivity index is 1.74. The first-order valence-electron chi connectivity index (χ1n) is 8.85. The summed E-state index contributed by atoms with van der Waals surface area (Å²) in [6.07, 6.45) is -0.954. The lowest BCUT2D eigenvalue weighted by atomic mass is 10.0. The predicted molar refractivity (Wildman–Crippen MR) is 105 cm³/mol. The Bertz CT molecular complexity index is 1010. The number of carbonyl (C=O) groups excluding carboxylic acids is 2. The van der Waals surface area contributed by atoms with Gasteiger partial charge in [0.05, 0.1) is 0 Å². The van der Waals surface area contributed by atoms with E-state index in [0.717, 1.165) is 27.8 Å². The molecule has 0 aliphatic rings. The second-order valence-corrected chi connectivity index (χ2v) is 6.86. The number of benzene rings is 2. The molecule has 5 nitrogen and oxygen atoms in total. The van der Waals surface area contributed by atoms with E-state index in [1.165, 1.54) is 0 Å². The molecule has 0 spiro atoms. The second-order valence-electron chi connectivity index (χ2n) is 6.86. The van der Waals surface area contributed by atoms with E-state index >= 15 is 0 Å². The Labute approximate surface area is 158 Å². The monoisotopic (exact) mass is 365 g/mol. The number of nitrogens with one attached hydrogen (secondary N) is 1. The number of ether oxygens (including phenoxy) is 1. The molecule has 0 radical (unpaired) electrons. The first-order chi connectivity index (χ1) is 12.8. The molecule has 1 N–H and O–H groups in total. The Kier molecular flexibility index (Phi) is 5.04. The van der Waals surface area contributed by atoms with Crippen LogP contribution in [0.25, 0.3) is 11.0 Å². The number of carbonyl (C=O) groups is 2. The number of hydrogen-bond donors (Lipinski definition) is 1. The summed E-state index contributed by atoms with van der Waals surface area (Å²) in [6, 6.07) is 11.4. The zero-order valence-corrected chi connectivity index (χ0v) is 16.2. The van der Waals surface area contributed by atoms with Crippen LogP contribution in [0.15, 0.2) is 40.8 Å². The van der Waals surface area contributed by atoms with Crippen molar-refractivity contribution in [1.82, 2.24) is 0 Å². The summed E-state index contributed by atoms with van der Waals surface area (Å²) in [5.74, 6) is -0.908. The molecule has 0 bridgehead atoms. The molecule has 0 saturated carbocycles. The van der Waals surface area contributed by atoms with Gasteiger partial charge in [-0.3, -0.25) is 4.79 Å². The SMILES string of the molecule is Cc1cc(C)c(NC(=O)[C@H](C)OC(=O)c2oc3ccccc3c2C)c(C)c1. The van der Waals surface area contributed by atoms with Crippen molar-refractivity contribution in [2.24, 2.45) is 0 Å². The average Bonchev–Trinajstić information content (AvgIpc) is 2.95. The van der Waals surface area contributed by atoms with Gasteiger partial charge in [0.15, 0.2) is 6.10 Å². The van der Waals surface area contributed by atoms with Crippen LogP contribution in [-0.4, -0.2) is 18.0 Å². The van der Waals surface area contributed by atoms with Crippen molar-refractivity contribution < 1.29 is 18.7 Å². The minimum atomic E-state index is -0.954. The molecule has 0 unspecified atom stereocenters. The highest BCUT2D eigenvalue weighted by Crippen LogP contribution is 2.26. The first kappa shape index (κ1) is 18.7. The Morgan fingerprint density at radius 3 is 2.30 bits per heavy atom. The van der Waals surface area contributed by atoms with Gasteiger partial charge in [-0.1, -0.05) is 35.9 Å². The summed E-state index contributed by atoms with van der Waals surface area (Å²) >= 11 is 0. The van der Waals surface area contributed by atoms with Gasteiger partial charge in [-0.05, 0) is 51.8 Å². The smallest absolute Gasteiger partial charge is 0.375 e. The summed E-state index contributed by atoms with van der Waals surface area (Å²) in [7, 11) is 0. The maximum Gasteiger partial charge on any atom is 0.375 e. The maximum atomic E-state index is 12.5. The largest absolute Gasteiger partial charge is 0.449 e. The molecule has 0 saturated heterocycles. The lowest BCUT2D eigenvalue weighted by molar-refractivity contribution is -0.123. The van der Waals surface area contributed by atoms with Crippen LogP contribution in [-0.2, 0) is 9.53 Å². The van der Waals surface area contributed by atoms with Crippen molar-refractivity contribution in [1.29, 1.82) is 0 Å². The molecule has 5 heteroatoms. The molecule has 1 atom stereocenters. The van der Waals surface area contributed by atoms with E-state index in [1.54, 1.807) is 19.9 Å². The first-order valence-corrected chi connectivity index (χ1v) is 8.85. The lowest BCUT2D eigenvalue weighted by Crippen LogP contribution is -2.30. The van der Waals surface area contributed by atoms with Gasteiger partial charge in [0.2, 0.25) is 5.76 Å². The molecule has 0 fully saturated rings. The Hall–Kier alpha value is -3.08. The van der Waals surface area contributed by atoms with Gasteiger partial charge in [0.25, 0.3) is 5.91 Å². The van der Waals surface area contributed by atoms with Gasteiger partial charge in [-0.25, -0.2) is 4.79 Å². The van der Waals surface area contributed by atoms with Crippen molar-refractivity contribution in [2.45, 2.75) is 40.7 Å². The van der Waals surface area contributed by atoms with Gasteiger partial charge >= 0.3 is 5.97 Å². The van der Waals surface area contributed by atoms with Gasteiger partial charge in [0.1, 0.15) is 5.58 Å². The van der Waals surface area contributed by atoms with Crippen LogP contribution in [0.1, 0.15) is 39.7 Å². The molecule has 0 aliphatic carbocycles. The van der Waals surface area contributed by atoms with Crippen LogP contribution >= 0.6 is 0 Å². The second kappa shape index (κ2) is 7.27. The quantitative estimate of drug-likeness (QED) is 0.671. The molecule has 27 heavy (non-hydrogen) atoms. The highest BCUT2D eigenvalue weighted by molar-refractivity contribution is 6.00. The Morgan fingerprint density at radius 2 is 1.67 bits per heavy atom. The van der Waals surface area contributed by atoms with Gasteiger partial charge in [-0.2, -0.15) is 0 Å².